The van der Waals surface area contributed by atoms with Gasteiger partial charge >= 0.3 is 0 Å². The third-order valence-electron chi connectivity index (χ3n) is 2.92. The molecule has 0 radical (unpaired) electrons. The number of hydrogen-bond donors (Lipinski definition) is 2. The van der Waals surface area contributed by atoms with Crippen molar-refractivity contribution in [1.29, 1.82) is 0 Å². The van der Waals surface area contributed by atoms with Gasteiger partial charge in [-0.1, -0.05) is 32.8 Å². The summed E-state index contributed by atoms with van der Waals surface area (Å²) < 4.78 is 26.3. The van der Waals surface area contributed by atoms with E-state index in [9.17, 15) is 13.5 Å². The summed E-state index contributed by atoms with van der Waals surface area (Å²) in [6.07, 6.45) is 4.91. The number of rotatable bonds is 8. The number of aryl methyl sites for hydroxylation is 1. The average molecular weight is 285 g/mol. The monoisotopic (exact) mass is 285 g/mol. The van der Waals surface area contributed by atoms with E-state index < -0.39 is 10.0 Å². The van der Waals surface area contributed by atoms with Crippen molar-refractivity contribution in [1.82, 2.24) is 4.72 Å². The molecule has 4 nitrogen and oxygen atoms in total. The van der Waals surface area contributed by atoms with Gasteiger partial charge < -0.3 is 5.11 Å². The van der Waals surface area contributed by atoms with E-state index in [0.717, 1.165) is 37.7 Å². The highest BCUT2D eigenvalue weighted by atomic mass is 32.2. The smallest absolute Gasteiger partial charge is 0.244 e. The second-order valence-electron chi connectivity index (χ2n) is 4.66. The number of hydrogen-bond acceptors (Lipinski definition) is 3. The molecule has 5 heteroatoms. The highest BCUT2D eigenvalue weighted by Gasteiger charge is 2.17. The van der Waals surface area contributed by atoms with Crippen molar-refractivity contribution in [2.24, 2.45) is 0 Å². The molecule has 1 rings (SSSR count). The largest absolute Gasteiger partial charge is 0.507 e. The molecule has 0 aliphatic heterocycles. The summed E-state index contributed by atoms with van der Waals surface area (Å²) >= 11 is 0. The Kier molecular flexibility index (Phi) is 6.31. The van der Waals surface area contributed by atoms with Crippen LogP contribution in [0.4, 0.5) is 0 Å². The molecule has 0 unspecified atom stereocenters. The van der Waals surface area contributed by atoms with Crippen LogP contribution in [0, 0.1) is 0 Å². The van der Waals surface area contributed by atoms with Crippen LogP contribution in [0.3, 0.4) is 0 Å². The molecule has 1 aromatic rings. The lowest BCUT2D eigenvalue weighted by atomic mass is 10.1. The Morgan fingerprint density at radius 2 is 1.89 bits per heavy atom. The molecule has 0 bridgehead atoms. The van der Waals surface area contributed by atoms with Crippen molar-refractivity contribution >= 4 is 10.0 Å². The van der Waals surface area contributed by atoms with Crippen molar-refractivity contribution in [3.05, 3.63) is 23.8 Å². The highest BCUT2D eigenvalue weighted by Crippen LogP contribution is 2.24. The molecule has 0 amide bonds. The Labute approximate surface area is 115 Å². The van der Waals surface area contributed by atoms with Gasteiger partial charge in [-0.2, -0.15) is 0 Å². The van der Waals surface area contributed by atoms with Crippen molar-refractivity contribution < 1.29 is 13.5 Å². The zero-order valence-electron chi connectivity index (χ0n) is 11.6. The van der Waals surface area contributed by atoms with Gasteiger partial charge in [-0.15, -0.1) is 0 Å². The molecule has 0 saturated heterocycles. The first-order valence-corrected chi connectivity index (χ1v) is 8.31. The third-order valence-corrected chi connectivity index (χ3v) is 4.43. The van der Waals surface area contributed by atoms with E-state index in [0.29, 0.717) is 6.54 Å². The first kappa shape index (κ1) is 16.0. The number of nitrogens with one attached hydrogen (secondary N) is 1. The van der Waals surface area contributed by atoms with Crippen LogP contribution in [0.1, 0.15) is 45.1 Å². The minimum absolute atomic E-state index is 0.0415. The second-order valence-corrected chi connectivity index (χ2v) is 6.39. The molecular weight excluding hydrogens is 262 g/mol. The topological polar surface area (TPSA) is 66.4 Å². The number of sulfonamides is 1. The van der Waals surface area contributed by atoms with Crippen molar-refractivity contribution in [3.63, 3.8) is 0 Å². The molecule has 0 aromatic heterocycles. The van der Waals surface area contributed by atoms with Gasteiger partial charge in [-0.3, -0.25) is 0 Å². The summed E-state index contributed by atoms with van der Waals surface area (Å²) in [5, 5.41) is 9.86. The molecule has 0 fully saturated rings. The zero-order valence-corrected chi connectivity index (χ0v) is 12.5. The molecule has 0 aliphatic carbocycles. The Morgan fingerprint density at radius 3 is 2.47 bits per heavy atom. The summed E-state index contributed by atoms with van der Waals surface area (Å²) in [4.78, 5) is -0.0415. The Balaban J connectivity index is 2.82. The van der Waals surface area contributed by atoms with Gasteiger partial charge in [0.25, 0.3) is 0 Å². The van der Waals surface area contributed by atoms with Crippen molar-refractivity contribution in [2.45, 2.75) is 50.8 Å². The second kappa shape index (κ2) is 7.50. The first-order valence-electron chi connectivity index (χ1n) is 6.82. The van der Waals surface area contributed by atoms with Gasteiger partial charge in [-0.25, -0.2) is 13.1 Å². The SMILES string of the molecule is CCCCCc1ccc(S(=O)(=O)NCCC)c(O)c1. The number of phenolic OH excluding ortho intramolecular Hbond substituents is 1. The standard InChI is InChI=1S/C14H23NO3S/c1-3-5-6-7-12-8-9-14(13(16)11-12)19(17,18)15-10-4-2/h8-9,11,15-16H,3-7,10H2,1-2H3. The average Bonchev–Trinajstić information content (AvgIpc) is 2.36. The molecule has 0 atom stereocenters. The van der Waals surface area contributed by atoms with Crippen LogP contribution in [-0.4, -0.2) is 20.1 Å². The molecule has 0 heterocycles. The van der Waals surface area contributed by atoms with Crippen LogP contribution in [0.15, 0.2) is 23.1 Å². The van der Waals surface area contributed by atoms with E-state index in [2.05, 4.69) is 11.6 Å². The van der Waals surface area contributed by atoms with E-state index in [-0.39, 0.29) is 10.6 Å². The van der Waals surface area contributed by atoms with Crippen molar-refractivity contribution in [3.8, 4) is 5.75 Å². The Morgan fingerprint density at radius 1 is 1.16 bits per heavy atom. The number of unbranched alkanes of at least 4 members (excludes halogenated alkanes) is 2. The maximum atomic E-state index is 11.9. The van der Waals surface area contributed by atoms with Crippen LogP contribution < -0.4 is 4.72 Å². The van der Waals surface area contributed by atoms with Crippen LogP contribution >= 0.6 is 0 Å². The fourth-order valence-electron chi connectivity index (χ4n) is 1.84. The summed E-state index contributed by atoms with van der Waals surface area (Å²) in [5.41, 5.74) is 0.973. The number of benzene rings is 1. The quantitative estimate of drug-likeness (QED) is 0.722. The molecule has 19 heavy (non-hydrogen) atoms. The number of aromatic hydroxyl groups is 1. The summed E-state index contributed by atoms with van der Waals surface area (Å²) in [6.45, 7) is 4.39. The lowest BCUT2D eigenvalue weighted by Gasteiger charge is -2.09. The highest BCUT2D eigenvalue weighted by molar-refractivity contribution is 7.89. The fourth-order valence-corrected chi connectivity index (χ4v) is 3.05. The van der Waals surface area contributed by atoms with Gasteiger partial charge in [0.2, 0.25) is 10.0 Å². The first-order chi connectivity index (χ1) is 9.01. The van der Waals surface area contributed by atoms with E-state index in [4.69, 9.17) is 0 Å². The third kappa shape index (κ3) is 4.84. The molecule has 108 valence electrons. The number of phenols is 1. The molecule has 2 N–H and O–H groups in total. The van der Waals surface area contributed by atoms with Crippen LogP contribution in [0.5, 0.6) is 5.75 Å². The zero-order chi connectivity index (χ0) is 14.3. The van der Waals surface area contributed by atoms with Gasteiger partial charge in [0.1, 0.15) is 10.6 Å². The molecular formula is C14H23NO3S. The lowest BCUT2D eigenvalue weighted by molar-refractivity contribution is 0.457. The molecule has 1 aromatic carbocycles. The molecule has 0 saturated carbocycles. The van der Waals surface area contributed by atoms with Gasteiger partial charge in [0, 0.05) is 6.54 Å². The molecule has 0 spiro atoms. The van der Waals surface area contributed by atoms with Gasteiger partial charge in [-0.05, 0) is 37.0 Å². The van der Waals surface area contributed by atoms with Crippen molar-refractivity contribution in [2.75, 3.05) is 6.54 Å². The lowest BCUT2D eigenvalue weighted by Crippen LogP contribution is -2.24. The van der Waals surface area contributed by atoms with Crippen LogP contribution in [0.25, 0.3) is 0 Å². The predicted octanol–water partition coefficient (Wildman–Crippen LogP) is 2.81. The summed E-state index contributed by atoms with van der Waals surface area (Å²) in [5.74, 6) is -0.169. The van der Waals surface area contributed by atoms with E-state index in [1.165, 1.54) is 6.07 Å². The van der Waals surface area contributed by atoms with Gasteiger partial charge in [0.05, 0.1) is 0 Å². The maximum Gasteiger partial charge on any atom is 0.244 e. The Hall–Kier alpha value is -1.07. The van der Waals surface area contributed by atoms with E-state index in [1.807, 2.05) is 6.92 Å². The van der Waals surface area contributed by atoms with Crippen LogP contribution in [0.2, 0.25) is 0 Å². The predicted molar refractivity (Wildman–Crippen MR) is 76.8 cm³/mol. The minimum Gasteiger partial charge on any atom is -0.507 e. The minimum atomic E-state index is -3.60. The fraction of sp³-hybridized carbons (Fsp3) is 0.571. The maximum absolute atomic E-state index is 11.9. The summed E-state index contributed by atoms with van der Waals surface area (Å²) in [7, 11) is -3.60. The van der Waals surface area contributed by atoms with Crippen LogP contribution in [-0.2, 0) is 16.4 Å². The van der Waals surface area contributed by atoms with E-state index in [1.54, 1.807) is 12.1 Å². The summed E-state index contributed by atoms with van der Waals surface area (Å²) in [6, 6.07) is 4.81. The van der Waals surface area contributed by atoms with Gasteiger partial charge in [0.15, 0.2) is 0 Å². The normalized spacial score (nSPS) is 11.7. The molecule has 0 aliphatic rings. The van der Waals surface area contributed by atoms with E-state index >= 15 is 0 Å². The Bertz CT molecular complexity index is 497.